The van der Waals surface area contributed by atoms with E-state index in [0.29, 0.717) is 6.61 Å². The Labute approximate surface area is 82.7 Å². The maximum absolute atomic E-state index is 13.5. The third kappa shape index (κ3) is 2.10. The van der Waals surface area contributed by atoms with Gasteiger partial charge in [-0.2, -0.15) is 0 Å². The third-order valence-electron chi connectivity index (χ3n) is 1.86. The molecular formula is C11H13FO2. The Kier molecular flexibility index (Phi) is 3.23. The minimum atomic E-state index is -0.565. The van der Waals surface area contributed by atoms with Crippen LogP contribution in [0.1, 0.15) is 29.8 Å². The Balaban J connectivity index is 3.24. The van der Waals surface area contributed by atoms with Gasteiger partial charge in [0.2, 0.25) is 0 Å². The van der Waals surface area contributed by atoms with Gasteiger partial charge < -0.3 is 4.74 Å². The predicted octanol–water partition coefficient (Wildman–Crippen LogP) is 2.74. The third-order valence-corrected chi connectivity index (χ3v) is 1.86. The molecule has 0 radical (unpaired) electrons. The molecule has 14 heavy (non-hydrogen) atoms. The number of rotatable bonds is 3. The van der Waals surface area contributed by atoms with Crippen molar-refractivity contribution in [3.05, 3.63) is 29.1 Å². The highest BCUT2D eigenvalue weighted by Gasteiger charge is 2.13. The van der Waals surface area contributed by atoms with Gasteiger partial charge in [-0.3, -0.25) is 4.79 Å². The lowest BCUT2D eigenvalue weighted by atomic mass is 10.1. The number of halogens is 1. The van der Waals surface area contributed by atoms with Crippen LogP contribution in [0.25, 0.3) is 0 Å². The van der Waals surface area contributed by atoms with Crippen LogP contribution in [0, 0.1) is 12.7 Å². The molecule has 0 N–H and O–H groups in total. The van der Waals surface area contributed by atoms with Crippen LogP contribution in [0.2, 0.25) is 0 Å². The molecule has 0 spiro atoms. The van der Waals surface area contributed by atoms with E-state index in [2.05, 4.69) is 0 Å². The highest BCUT2D eigenvalue weighted by Crippen LogP contribution is 2.23. The second-order valence-corrected chi connectivity index (χ2v) is 3.11. The normalized spacial score (nSPS) is 10.0. The average molecular weight is 196 g/mol. The largest absolute Gasteiger partial charge is 0.491 e. The van der Waals surface area contributed by atoms with Crippen LogP contribution >= 0.6 is 0 Å². The van der Waals surface area contributed by atoms with E-state index in [1.54, 1.807) is 19.9 Å². The number of aryl methyl sites for hydroxylation is 1. The van der Waals surface area contributed by atoms with E-state index in [4.69, 9.17) is 4.74 Å². The number of carbonyl (C=O) groups is 1. The molecule has 3 heteroatoms. The lowest BCUT2D eigenvalue weighted by Gasteiger charge is -2.08. The molecule has 0 aliphatic carbocycles. The van der Waals surface area contributed by atoms with Gasteiger partial charge >= 0.3 is 0 Å². The van der Waals surface area contributed by atoms with Crippen LogP contribution < -0.4 is 4.74 Å². The quantitative estimate of drug-likeness (QED) is 0.695. The van der Waals surface area contributed by atoms with Gasteiger partial charge in [-0.15, -0.1) is 0 Å². The van der Waals surface area contributed by atoms with E-state index < -0.39 is 5.82 Å². The van der Waals surface area contributed by atoms with Crippen LogP contribution in [-0.4, -0.2) is 12.4 Å². The van der Waals surface area contributed by atoms with E-state index in [0.717, 1.165) is 5.56 Å². The molecule has 0 atom stereocenters. The monoisotopic (exact) mass is 196 g/mol. The summed E-state index contributed by atoms with van der Waals surface area (Å²) in [4.78, 5) is 11.1. The Morgan fingerprint density at radius 1 is 1.50 bits per heavy atom. The van der Waals surface area contributed by atoms with E-state index in [1.165, 1.54) is 13.0 Å². The van der Waals surface area contributed by atoms with Crippen molar-refractivity contribution in [1.82, 2.24) is 0 Å². The molecule has 0 amide bonds. The van der Waals surface area contributed by atoms with Crippen molar-refractivity contribution in [2.75, 3.05) is 6.61 Å². The van der Waals surface area contributed by atoms with Crippen molar-refractivity contribution < 1.29 is 13.9 Å². The topological polar surface area (TPSA) is 26.3 Å². The highest BCUT2D eigenvalue weighted by atomic mass is 19.1. The molecule has 1 rings (SSSR count). The predicted molar refractivity (Wildman–Crippen MR) is 52.3 cm³/mol. The molecule has 76 valence electrons. The Hall–Kier alpha value is -1.38. The van der Waals surface area contributed by atoms with Crippen molar-refractivity contribution in [3.8, 4) is 5.75 Å². The molecule has 2 nitrogen and oxygen atoms in total. The van der Waals surface area contributed by atoms with Gasteiger partial charge in [0, 0.05) is 0 Å². The summed E-state index contributed by atoms with van der Waals surface area (Å²) in [5.41, 5.74) is 0.911. The Morgan fingerprint density at radius 3 is 2.64 bits per heavy atom. The fraction of sp³-hybridized carbons (Fsp3) is 0.364. The van der Waals surface area contributed by atoms with Crippen molar-refractivity contribution in [2.45, 2.75) is 20.8 Å². The molecular weight excluding hydrogens is 183 g/mol. The van der Waals surface area contributed by atoms with Gasteiger partial charge in [-0.25, -0.2) is 4.39 Å². The number of ketones is 1. The number of hydrogen-bond acceptors (Lipinski definition) is 2. The SMILES string of the molecule is CCOc1cc(C)cc(C(C)=O)c1F. The fourth-order valence-electron chi connectivity index (χ4n) is 1.25. The van der Waals surface area contributed by atoms with Crippen LogP contribution in [0.3, 0.4) is 0 Å². The van der Waals surface area contributed by atoms with Crippen molar-refractivity contribution in [2.24, 2.45) is 0 Å². The first-order chi connectivity index (χ1) is 6.56. The molecule has 1 aromatic rings. The summed E-state index contributed by atoms with van der Waals surface area (Å²) in [6.45, 7) is 5.30. The second kappa shape index (κ2) is 4.22. The molecule has 0 aliphatic heterocycles. The summed E-state index contributed by atoms with van der Waals surface area (Å²) in [6.07, 6.45) is 0. The maximum atomic E-state index is 13.5. The first-order valence-corrected chi connectivity index (χ1v) is 4.50. The van der Waals surface area contributed by atoms with Gasteiger partial charge in [-0.1, -0.05) is 0 Å². The molecule has 0 saturated heterocycles. The van der Waals surface area contributed by atoms with E-state index in [1.807, 2.05) is 0 Å². The van der Waals surface area contributed by atoms with E-state index in [-0.39, 0.29) is 17.1 Å². The summed E-state index contributed by atoms with van der Waals surface area (Å²) in [6, 6.07) is 3.12. The lowest BCUT2D eigenvalue weighted by Crippen LogP contribution is -2.02. The van der Waals surface area contributed by atoms with Crippen LogP contribution in [0.4, 0.5) is 4.39 Å². The van der Waals surface area contributed by atoms with Crippen molar-refractivity contribution in [3.63, 3.8) is 0 Å². The molecule has 0 unspecified atom stereocenters. The lowest BCUT2D eigenvalue weighted by molar-refractivity contribution is 0.101. The molecule has 0 aromatic heterocycles. The Morgan fingerprint density at radius 2 is 2.14 bits per heavy atom. The van der Waals surface area contributed by atoms with E-state index >= 15 is 0 Å². The summed E-state index contributed by atoms with van der Waals surface area (Å²) in [5.74, 6) is -0.699. The molecule has 0 heterocycles. The van der Waals surface area contributed by atoms with Gasteiger partial charge in [0.1, 0.15) is 0 Å². The summed E-state index contributed by atoms with van der Waals surface area (Å²) >= 11 is 0. The smallest absolute Gasteiger partial charge is 0.175 e. The zero-order chi connectivity index (χ0) is 10.7. The first-order valence-electron chi connectivity index (χ1n) is 4.50. The van der Waals surface area contributed by atoms with Crippen molar-refractivity contribution in [1.29, 1.82) is 0 Å². The Bertz CT molecular complexity index is 359. The van der Waals surface area contributed by atoms with Gasteiger partial charge in [0.25, 0.3) is 0 Å². The average Bonchev–Trinajstić information content (AvgIpc) is 2.10. The summed E-state index contributed by atoms with van der Waals surface area (Å²) in [5, 5.41) is 0. The van der Waals surface area contributed by atoms with Gasteiger partial charge in [-0.05, 0) is 38.5 Å². The van der Waals surface area contributed by atoms with Crippen LogP contribution in [-0.2, 0) is 0 Å². The van der Waals surface area contributed by atoms with E-state index in [9.17, 15) is 9.18 Å². The number of carbonyl (C=O) groups excluding carboxylic acids is 1. The molecule has 0 fully saturated rings. The molecule has 0 saturated carbocycles. The highest BCUT2D eigenvalue weighted by molar-refractivity contribution is 5.95. The van der Waals surface area contributed by atoms with Crippen molar-refractivity contribution >= 4 is 5.78 Å². The summed E-state index contributed by atoms with van der Waals surface area (Å²) in [7, 11) is 0. The second-order valence-electron chi connectivity index (χ2n) is 3.11. The minimum Gasteiger partial charge on any atom is -0.491 e. The zero-order valence-electron chi connectivity index (χ0n) is 8.56. The fourth-order valence-corrected chi connectivity index (χ4v) is 1.25. The minimum absolute atomic E-state index is 0.0912. The molecule has 0 aliphatic rings. The summed E-state index contributed by atoms with van der Waals surface area (Å²) < 4.78 is 18.6. The molecule has 0 bridgehead atoms. The molecule has 1 aromatic carbocycles. The number of Topliss-reactive ketones (excluding diaryl/α,β-unsaturated/α-hetero) is 1. The standard InChI is InChI=1S/C11H13FO2/c1-4-14-10-6-7(2)5-9(8(3)13)11(10)12/h5-6H,4H2,1-3H3. The number of ether oxygens (including phenoxy) is 1. The number of benzene rings is 1. The maximum Gasteiger partial charge on any atom is 0.175 e. The van der Waals surface area contributed by atoms with Gasteiger partial charge in [0.15, 0.2) is 17.3 Å². The first kappa shape index (κ1) is 10.7. The number of hydrogen-bond donors (Lipinski definition) is 0. The van der Waals surface area contributed by atoms with Gasteiger partial charge in [0.05, 0.1) is 12.2 Å². The van der Waals surface area contributed by atoms with Crippen LogP contribution in [0.15, 0.2) is 12.1 Å². The zero-order valence-corrected chi connectivity index (χ0v) is 8.56. The van der Waals surface area contributed by atoms with Crippen LogP contribution in [0.5, 0.6) is 5.75 Å².